The lowest BCUT2D eigenvalue weighted by Crippen LogP contribution is -2.39. The maximum atomic E-state index is 12.9. The van der Waals surface area contributed by atoms with E-state index in [9.17, 15) is 9.59 Å². The molecule has 35 heavy (non-hydrogen) atoms. The molecular weight excluding hydrogens is 462 g/mol. The molecule has 2 unspecified atom stereocenters. The fourth-order valence-corrected chi connectivity index (χ4v) is 6.13. The second-order valence-corrected chi connectivity index (χ2v) is 11.1. The Hall–Kier alpha value is -2.36. The van der Waals surface area contributed by atoms with Gasteiger partial charge in [0.1, 0.15) is 5.01 Å². The van der Waals surface area contributed by atoms with Crippen LogP contribution >= 0.6 is 11.3 Å². The number of nitrogens with zero attached hydrogens (tertiary/aromatic N) is 3. The summed E-state index contributed by atoms with van der Waals surface area (Å²) < 4.78 is 5.78. The van der Waals surface area contributed by atoms with Gasteiger partial charge in [0.25, 0.3) is 0 Å². The third-order valence-corrected chi connectivity index (χ3v) is 8.30. The van der Waals surface area contributed by atoms with Crippen molar-refractivity contribution in [3.05, 3.63) is 34.8 Å². The van der Waals surface area contributed by atoms with Crippen molar-refractivity contribution in [1.29, 1.82) is 0 Å². The van der Waals surface area contributed by atoms with Gasteiger partial charge in [0.2, 0.25) is 16.9 Å². The highest BCUT2D eigenvalue weighted by molar-refractivity contribution is 7.15. The van der Waals surface area contributed by atoms with E-state index in [4.69, 9.17) is 4.74 Å². The van der Waals surface area contributed by atoms with Crippen molar-refractivity contribution in [2.45, 2.75) is 63.9 Å². The van der Waals surface area contributed by atoms with Gasteiger partial charge in [-0.25, -0.2) is 0 Å². The van der Waals surface area contributed by atoms with Gasteiger partial charge in [-0.3, -0.25) is 9.59 Å². The molecule has 2 saturated heterocycles. The number of anilines is 2. The number of benzene rings is 1. The summed E-state index contributed by atoms with van der Waals surface area (Å²) in [5.41, 5.74) is 2.01. The van der Waals surface area contributed by atoms with Crippen molar-refractivity contribution in [3.63, 3.8) is 0 Å². The van der Waals surface area contributed by atoms with E-state index in [2.05, 4.69) is 20.8 Å². The van der Waals surface area contributed by atoms with Crippen LogP contribution in [-0.2, 0) is 27.2 Å². The molecule has 3 fully saturated rings. The Balaban J connectivity index is 1.11. The lowest BCUT2D eigenvalue weighted by atomic mass is 9.86. The first kappa shape index (κ1) is 24.3. The molecule has 3 aliphatic rings. The molecule has 0 bridgehead atoms. The van der Waals surface area contributed by atoms with E-state index in [0.717, 1.165) is 55.6 Å². The van der Waals surface area contributed by atoms with Gasteiger partial charge in [-0.05, 0) is 36.5 Å². The quantitative estimate of drug-likeness (QED) is 0.579. The van der Waals surface area contributed by atoms with Crippen LogP contribution in [0.4, 0.5) is 10.8 Å². The molecule has 1 aromatic heterocycles. The zero-order valence-electron chi connectivity index (χ0n) is 20.2. The van der Waals surface area contributed by atoms with Gasteiger partial charge in [-0.1, -0.05) is 55.6 Å². The Morgan fingerprint density at radius 1 is 1.17 bits per heavy atom. The van der Waals surface area contributed by atoms with Crippen molar-refractivity contribution >= 4 is 34.0 Å². The normalized spacial score (nSPS) is 23.5. The van der Waals surface area contributed by atoms with Crippen molar-refractivity contribution in [2.24, 2.45) is 11.8 Å². The summed E-state index contributed by atoms with van der Waals surface area (Å²) in [6.45, 7) is 2.89. The molecule has 2 amide bonds. The predicted octanol–water partition coefficient (Wildman–Crippen LogP) is 3.57. The van der Waals surface area contributed by atoms with Crippen LogP contribution in [0.2, 0.25) is 0 Å². The zero-order chi connectivity index (χ0) is 24.0. The summed E-state index contributed by atoms with van der Waals surface area (Å²) in [7, 11) is 0. The van der Waals surface area contributed by atoms with E-state index in [1.54, 1.807) is 4.90 Å². The third kappa shape index (κ3) is 6.45. The van der Waals surface area contributed by atoms with Crippen molar-refractivity contribution < 1.29 is 14.3 Å². The van der Waals surface area contributed by atoms with E-state index in [0.29, 0.717) is 11.7 Å². The fraction of sp³-hybridized carbons (Fsp3) is 0.615. The van der Waals surface area contributed by atoms with Crippen molar-refractivity contribution in [2.75, 3.05) is 36.5 Å². The lowest BCUT2D eigenvalue weighted by molar-refractivity contribution is -0.122. The molecular formula is C26H35N5O3S. The van der Waals surface area contributed by atoms with Gasteiger partial charge >= 0.3 is 0 Å². The standard InChI is InChI=1S/C26H35N5O3S/c32-24-15-20(17-31(24)21-9-6-19(7-10-21)14-22-16-27-12-13-34-22)25(33)28-26-30-29-23(35-26)11-8-18-4-2-1-3-5-18/h6-7,9-10,18,20,22,27H,1-5,8,11-17H2,(H,28,30,33). The first-order valence-electron chi connectivity index (χ1n) is 13.0. The fourth-order valence-electron chi connectivity index (χ4n) is 5.37. The number of carbonyl (C=O) groups is 2. The molecule has 1 aliphatic carbocycles. The first-order valence-corrected chi connectivity index (χ1v) is 13.8. The molecule has 2 atom stereocenters. The Morgan fingerprint density at radius 2 is 2.00 bits per heavy atom. The molecule has 2 aromatic rings. The minimum Gasteiger partial charge on any atom is -0.375 e. The largest absolute Gasteiger partial charge is 0.375 e. The number of aromatic nitrogens is 2. The van der Waals surface area contributed by atoms with Crippen LogP contribution in [0, 0.1) is 11.8 Å². The van der Waals surface area contributed by atoms with Gasteiger partial charge in [0.05, 0.1) is 18.6 Å². The third-order valence-electron chi connectivity index (χ3n) is 7.40. The van der Waals surface area contributed by atoms with Gasteiger partial charge < -0.3 is 20.3 Å². The summed E-state index contributed by atoms with van der Waals surface area (Å²) in [4.78, 5) is 27.2. The van der Waals surface area contributed by atoms with Gasteiger partial charge in [-0.15, -0.1) is 10.2 Å². The Kier molecular flexibility index (Phi) is 8.06. The molecule has 2 aliphatic heterocycles. The number of carbonyl (C=O) groups excluding carboxylic acids is 2. The minimum absolute atomic E-state index is 0.0249. The SMILES string of the molecule is O=C(Nc1nnc(CCC2CCCCC2)s1)C1CC(=O)N(c2ccc(CC3CNCCO3)cc2)C1. The topological polar surface area (TPSA) is 96.5 Å². The maximum absolute atomic E-state index is 12.9. The van der Waals surface area contributed by atoms with E-state index in [1.165, 1.54) is 49.0 Å². The van der Waals surface area contributed by atoms with E-state index in [-0.39, 0.29) is 24.3 Å². The second kappa shape index (κ2) is 11.6. The summed E-state index contributed by atoms with van der Waals surface area (Å²) >= 11 is 1.45. The molecule has 1 aromatic carbocycles. The number of aryl methyl sites for hydroxylation is 1. The highest BCUT2D eigenvalue weighted by Gasteiger charge is 2.35. The van der Waals surface area contributed by atoms with Gasteiger partial charge in [0.15, 0.2) is 0 Å². The average Bonchev–Trinajstić information content (AvgIpc) is 3.51. The number of morpholine rings is 1. The van der Waals surface area contributed by atoms with Gasteiger partial charge in [-0.2, -0.15) is 0 Å². The monoisotopic (exact) mass is 497 g/mol. The second-order valence-electron chi connectivity index (χ2n) is 10.0. The molecule has 188 valence electrons. The number of rotatable bonds is 8. The van der Waals surface area contributed by atoms with Gasteiger partial charge in [0, 0.05) is 38.2 Å². The van der Waals surface area contributed by atoms with Crippen LogP contribution in [0.1, 0.15) is 55.5 Å². The molecule has 1 saturated carbocycles. The summed E-state index contributed by atoms with van der Waals surface area (Å²) in [5.74, 6) is 0.226. The molecule has 0 spiro atoms. The highest BCUT2D eigenvalue weighted by Crippen LogP contribution is 2.30. The predicted molar refractivity (Wildman–Crippen MR) is 137 cm³/mol. The highest BCUT2D eigenvalue weighted by atomic mass is 32.1. The smallest absolute Gasteiger partial charge is 0.231 e. The molecule has 3 heterocycles. The molecule has 5 rings (SSSR count). The summed E-state index contributed by atoms with van der Waals surface area (Å²) in [5, 5.41) is 16.2. The van der Waals surface area contributed by atoms with Crippen LogP contribution in [0.3, 0.4) is 0 Å². The number of hydrogen-bond acceptors (Lipinski definition) is 7. The van der Waals surface area contributed by atoms with E-state index < -0.39 is 5.92 Å². The van der Waals surface area contributed by atoms with Crippen LogP contribution in [0.25, 0.3) is 0 Å². The Labute approximate surface area is 210 Å². The molecule has 9 heteroatoms. The van der Waals surface area contributed by atoms with E-state index in [1.807, 2.05) is 24.3 Å². The Morgan fingerprint density at radius 3 is 2.77 bits per heavy atom. The van der Waals surface area contributed by atoms with Crippen LogP contribution in [0.15, 0.2) is 24.3 Å². The summed E-state index contributed by atoms with van der Waals surface area (Å²) in [6.07, 6.45) is 10.0. The maximum Gasteiger partial charge on any atom is 0.231 e. The number of amides is 2. The number of hydrogen-bond donors (Lipinski definition) is 2. The lowest BCUT2D eigenvalue weighted by Gasteiger charge is -2.24. The molecule has 8 nitrogen and oxygen atoms in total. The number of nitrogens with one attached hydrogen (secondary N) is 2. The summed E-state index contributed by atoms with van der Waals surface area (Å²) in [6, 6.07) is 8.02. The Bertz CT molecular complexity index is 999. The number of ether oxygens (including phenoxy) is 1. The minimum atomic E-state index is -0.390. The van der Waals surface area contributed by atoms with Crippen LogP contribution in [0.5, 0.6) is 0 Å². The molecule has 2 N–H and O–H groups in total. The van der Waals surface area contributed by atoms with Crippen LogP contribution in [-0.4, -0.2) is 54.4 Å². The van der Waals surface area contributed by atoms with E-state index >= 15 is 0 Å². The molecule has 0 radical (unpaired) electrons. The first-order chi connectivity index (χ1) is 17.1. The van der Waals surface area contributed by atoms with Crippen molar-refractivity contribution in [3.8, 4) is 0 Å². The van der Waals surface area contributed by atoms with Crippen LogP contribution < -0.4 is 15.5 Å². The van der Waals surface area contributed by atoms with Crippen molar-refractivity contribution in [1.82, 2.24) is 15.5 Å². The zero-order valence-corrected chi connectivity index (χ0v) is 21.0. The average molecular weight is 498 g/mol.